The summed E-state index contributed by atoms with van der Waals surface area (Å²) in [4.78, 5) is 0. The first-order chi connectivity index (χ1) is 24.0. The summed E-state index contributed by atoms with van der Waals surface area (Å²) in [5.41, 5.74) is 0. The summed E-state index contributed by atoms with van der Waals surface area (Å²) in [6.45, 7) is 20.8. The molecular formula is C44H54Si4Sn2. The molecule has 0 fully saturated rings. The topological polar surface area (TPSA) is 0 Å². The van der Waals surface area contributed by atoms with Gasteiger partial charge in [-0.05, 0) is 0 Å². The molecule has 0 aliphatic heterocycles. The van der Waals surface area contributed by atoms with Crippen molar-refractivity contribution in [2.45, 2.75) is 52.4 Å². The fourth-order valence-corrected chi connectivity index (χ4v) is 66.6. The zero-order chi connectivity index (χ0) is 36.0. The zero-order valence-electron chi connectivity index (χ0n) is 31.3. The Morgan fingerprint density at radius 1 is 0.280 bits per heavy atom. The minimum atomic E-state index is -1.98. The van der Waals surface area contributed by atoms with Gasteiger partial charge in [-0.15, -0.1) is 0 Å². The van der Waals surface area contributed by atoms with Crippen LogP contribution >= 0.6 is 0 Å². The van der Waals surface area contributed by atoms with Gasteiger partial charge in [0.1, 0.15) is 0 Å². The maximum absolute atomic E-state index is 2.66. The van der Waals surface area contributed by atoms with Crippen LogP contribution in [0.1, 0.15) is 0 Å². The Balaban J connectivity index is 0.000000174. The van der Waals surface area contributed by atoms with E-state index in [1.807, 2.05) is 0 Å². The van der Waals surface area contributed by atoms with Crippen LogP contribution in [0, 0.1) is 0 Å². The van der Waals surface area contributed by atoms with Crippen LogP contribution < -0.4 is 21.5 Å². The van der Waals surface area contributed by atoms with E-state index in [0.717, 1.165) is 0 Å². The van der Waals surface area contributed by atoms with E-state index >= 15 is 0 Å². The van der Waals surface area contributed by atoms with Crippen LogP contribution in [0.2, 0.25) is 52.4 Å². The van der Waals surface area contributed by atoms with Gasteiger partial charge in [0, 0.05) is 30.8 Å². The molecular weight excluding hydrogens is 878 g/mol. The summed E-state index contributed by atoms with van der Waals surface area (Å²) in [7, 11) is -1.54. The van der Waals surface area contributed by atoms with E-state index in [4.69, 9.17) is 0 Å². The molecule has 50 heavy (non-hydrogen) atoms. The van der Waals surface area contributed by atoms with E-state index < -0.39 is 53.7 Å². The van der Waals surface area contributed by atoms with Crippen molar-refractivity contribution in [1.82, 2.24) is 0 Å². The third kappa shape index (κ3) is 11.1. The molecule has 0 saturated carbocycles. The molecule has 0 aromatic heterocycles. The Hall–Kier alpha value is -2.22. The molecule has 0 nitrogen and oxygen atoms in total. The summed E-state index contributed by atoms with van der Waals surface area (Å²) in [6.07, 6.45) is 0. The number of hydrogen-bond donors (Lipinski definition) is 0. The summed E-state index contributed by atoms with van der Waals surface area (Å²) < 4.78 is 9.18. The second-order valence-corrected chi connectivity index (χ2v) is 62.9. The molecule has 0 saturated heterocycles. The van der Waals surface area contributed by atoms with Crippen LogP contribution in [0.25, 0.3) is 0 Å². The van der Waals surface area contributed by atoms with E-state index in [2.05, 4.69) is 234 Å². The van der Waals surface area contributed by atoms with Crippen LogP contribution in [0.4, 0.5) is 0 Å². The Bertz CT molecular complexity index is 1460. The molecule has 254 valence electrons. The molecule has 0 N–H and O–H groups in total. The third-order valence-electron chi connectivity index (χ3n) is 10.4. The Morgan fingerprint density at radius 2 is 0.420 bits per heavy atom. The van der Waals surface area contributed by atoms with Crippen molar-refractivity contribution in [2.24, 2.45) is 0 Å². The molecule has 0 spiro atoms. The van der Waals surface area contributed by atoms with Crippen LogP contribution in [0.15, 0.2) is 182 Å². The van der Waals surface area contributed by atoms with Crippen molar-refractivity contribution >= 4 is 91.8 Å². The summed E-state index contributed by atoms with van der Waals surface area (Å²) >= 11 is -3.96. The zero-order valence-corrected chi connectivity index (χ0v) is 41.0. The first kappa shape index (κ1) is 40.6. The SMILES string of the molecule is C[Si](C)[Si](C)(C)[Si](C)(C)[Si](C)C.c1cc[c]([Sn]([c]2ccccc2)[c]2ccccc2)cc1.c1cc[c]([Sn]([c]2ccccc2)[c]2ccccc2)cc1. The minimum absolute atomic E-state index is 0.0136. The monoisotopic (exact) mass is 934 g/mol. The number of benzene rings is 6. The maximum atomic E-state index is 2.66. The molecule has 6 heteroatoms. The van der Waals surface area contributed by atoms with Crippen LogP contribution in [0.5, 0.6) is 0 Å². The third-order valence-corrected chi connectivity index (χ3v) is 81.0. The van der Waals surface area contributed by atoms with Gasteiger partial charge >= 0.3 is 243 Å². The molecule has 4 radical (unpaired) electrons. The molecule has 6 aromatic rings. The summed E-state index contributed by atoms with van der Waals surface area (Å²) in [5, 5.41) is 0. The second-order valence-electron chi connectivity index (χ2n) is 14.2. The first-order valence-corrected chi connectivity index (χ1v) is 40.3. The molecule has 0 heterocycles. The molecule has 0 aliphatic carbocycles. The summed E-state index contributed by atoms with van der Waals surface area (Å²) in [5.74, 6) is 0. The Kier molecular flexibility index (Phi) is 16.3. The molecule has 6 aromatic carbocycles. The van der Waals surface area contributed by atoms with E-state index in [-0.39, 0.29) is 16.6 Å². The van der Waals surface area contributed by atoms with Crippen molar-refractivity contribution in [3.8, 4) is 0 Å². The van der Waals surface area contributed by atoms with Gasteiger partial charge in [-0.1, -0.05) is 52.4 Å². The summed E-state index contributed by atoms with van der Waals surface area (Å²) in [6, 6.07) is 65.9. The molecule has 0 aliphatic rings. The Morgan fingerprint density at radius 3 is 0.540 bits per heavy atom. The van der Waals surface area contributed by atoms with Gasteiger partial charge in [0.25, 0.3) is 0 Å². The van der Waals surface area contributed by atoms with Crippen LogP contribution in [-0.2, 0) is 0 Å². The number of rotatable bonds is 9. The van der Waals surface area contributed by atoms with Gasteiger partial charge in [-0.25, -0.2) is 0 Å². The fraction of sp³-hybridized carbons (Fsp3) is 0.182. The van der Waals surface area contributed by atoms with Gasteiger partial charge in [0.15, 0.2) is 0 Å². The average molecular weight is 933 g/mol. The van der Waals surface area contributed by atoms with Crippen molar-refractivity contribution < 1.29 is 0 Å². The van der Waals surface area contributed by atoms with E-state index in [0.29, 0.717) is 0 Å². The van der Waals surface area contributed by atoms with Crippen LogP contribution in [-0.4, -0.2) is 70.4 Å². The predicted octanol–water partition coefficient (Wildman–Crippen LogP) is 7.55. The molecule has 0 amide bonds. The van der Waals surface area contributed by atoms with Gasteiger partial charge in [-0.2, -0.15) is 0 Å². The van der Waals surface area contributed by atoms with Gasteiger partial charge in [0.2, 0.25) is 0 Å². The van der Waals surface area contributed by atoms with Gasteiger partial charge in [0.05, 0.1) is 0 Å². The normalized spacial score (nSPS) is 11.5. The van der Waals surface area contributed by atoms with Crippen molar-refractivity contribution in [2.75, 3.05) is 0 Å². The standard InChI is InChI=1S/C8H24Si4.6C6H5.2Sn/c1-9(2)11(5,6)12(7,8)10(3)4;6*1-2-4-6-5-3-1;;/h1-8H3;6*1-5H;;. The Labute approximate surface area is 323 Å². The molecule has 0 atom stereocenters. The first-order valence-electron chi connectivity index (χ1n) is 17.7. The van der Waals surface area contributed by atoms with Crippen molar-refractivity contribution in [3.63, 3.8) is 0 Å². The number of hydrogen-bond acceptors (Lipinski definition) is 0. The van der Waals surface area contributed by atoms with Crippen molar-refractivity contribution in [3.05, 3.63) is 182 Å². The fourth-order valence-electron chi connectivity index (χ4n) is 5.88. The van der Waals surface area contributed by atoms with Gasteiger partial charge in [-0.3, -0.25) is 0 Å². The van der Waals surface area contributed by atoms with E-state index in [1.165, 1.54) is 21.5 Å². The van der Waals surface area contributed by atoms with Gasteiger partial charge < -0.3 is 0 Å². The molecule has 0 unspecified atom stereocenters. The van der Waals surface area contributed by atoms with Crippen molar-refractivity contribution in [1.29, 1.82) is 0 Å². The van der Waals surface area contributed by atoms with E-state index in [1.54, 1.807) is 0 Å². The predicted molar refractivity (Wildman–Crippen MR) is 238 cm³/mol. The quantitative estimate of drug-likeness (QED) is 0.132. The second kappa shape index (κ2) is 20.1. The van der Waals surface area contributed by atoms with Crippen LogP contribution in [0.3, 0.4) is 0 Å². The van der Waals surface area contributed by atoms with E-state index in [9.17, 15) is 0 Å². The molecule has 6 rings (SSSR count). The average Bonchev–Trinajstić information content (AvgIpc) is 3.15. The molecule has 0 bridgehead atoms.